The van der Waals surface area contributed by atoms with Crippen LogP contribution in [0.5, 0.6) is 11.5 Å². The highest BCUT2D eigenvalue weighted by atomic mass is 35.5. The number of benzene rings is 2. The molecular weight excluding hydrogens is 302 g/mol. The third kappa shape index (κ3) is 2.32. The average Bonchev–Trinajstić information content (AvgIpc) is 2.93. The largest absolute Gasteiger partial charge is 0.454 e. The fourth-order valence-corrected chi connectivity index (χ4v) is 2.47. The average molecular weight is 313 g/mol. The van der Waals surface area contributed by atoms with Crippen molar-refractivity contribution in [2.45, 2.75) is 13.0 Å². The molecule has 0 spiro atoms. The van der Waals surface area contributed by atoms with Crippen LogP contribution >= 0.6 is 11.6 Å². The predicted octanol–water partition coefficient (Wildman–Crippen LogP) is 3.74. The second-order valence-electron chi connectivity index (χ2n) is 4.74. The molecule has 0 bridgehead atoms. The first-order valence-corrected chi connectivity index (χ1v) is 6.58. The van der Waals surface area contributed by atoms with Crippen molar-refractivity contribution >= 4 is 11.6 Å². The molecule has 3 rings (SSSR count). The van der Waals surface area contributed by atoms with Gasteiger partial charge in [-0.15, -0.1) is 0 Å². The molecule has 1 atom stereocenters. The van der Waals surface area contributed by atoms with Crippen LogP contribution in [0.4, 0.5) is 8.78 Å². The van der Waals surface area contributed by atoms with E-state index in [1.165, 1.54) is 31.2 Å². The van der Waals surface area contributed by atoms with Crippen LogP contribution in [0.1, 0.15) is 22.8 Å². The van der Waals surface area contributed by atoms with Gasteiger partial charge in [0, 0.05) is 5.56 Å². The predicted molar refractivity (Wildman–Crippen MR) is 72.7 cm³/mol. The lowest BCUT2D eigenvalue weighted by Gasteiger charge is -2.14. The van der Waals surface area contributed by atoms with E-state index in [1.54, 1.807) is 0 Å². The number of aryl methyl sites for hydroxylation is 1. The number of hydrogen-bond acceptors (Lipinski definition) is 3. The van der Waals surface area contributed by atoms with E-state index in [1.807, 2.05) is 0 Å². The second kappa shape index (κ2) is 5.16. The number of ether oxygens (including phenoxy) is 2. The minimum atomic E-state index is -1.35. The van der Waals surface area contributed by atoms with E-state index in [2.05, 4.69) is 0 Å². The lowest BCUT2D eigenvalue weighted by Crippen LogP contribution is -2.05. The third-order valence-corrected chi connectivity index (χ3v) is 3.65. The van der Waals surface area contributed by atoms with Crippen molar-refractivity contribution in [2.24, 2.45) is 0 Å². The molecule has 0 amide bonds. The smallest absolute Gasteiger partial charge is 0.231 e. The minimum Gasteiger partial charge on any atom is -0.454 e. The second-order valence-corrected chi connectivity index (χ2v) is 5.15. The number of hydrogen-bond donors (Lipinski definition) is 1. The number of halogens is 3. The van der Waals surface area contributed by atoms with Gasteiger partial charge in [0.15, 0.2) is 23.1 Å². The van der Waals surface area contributed by atoms with Crippen molar-refractivity contribution in [3.63, 3.8) is 0 Å². The molecule has 1 N–H and O–H groups in total. The van der Waals surface area contributed by atoms with Gasteiger partial charge in [0.25, 0.3) is 0 Å². The highest BCUT2D eigenvalue weighted by Crippen LogP contribution is 2.42. The molecule has 0 aromatic heterocycles. The lowest BCUT2D eigenvalue weighted by molar-refractivity contribution is 0.173. The molecular formula is C15H11ClF2O3. The van der Waals surface area contributed by atoms with Crippen molar-refractivity contribution in [1.29, 1.82) is 0 Å². The molecule has 3 nitrogen and oxygen atoms in total. The molecule has 2 aromatic carbocycles. The molecule has 21 heavy (non-hydrogen) atoms. The molecule has 1 unspecified atom stereocenters. The zero-order valence-electron chi connectivity index (χ0n) is 11.0. The summed E-state index contributed by atoms with van der Waals surface area (Å²) in [4.78, 5) is 0. The van der Waals surface area contributed by atoms with Gasteiger partial charge in [-0.3, -0.25) is 0 Å². The number of aliphatic hydroxyl groups is 1. The Morgan fingerprint density at radius 3 is 2.71 bits per heavy atom. The zero-order valence-corrected chi connectivity index (χ0v) is 11.7. The molecule has 1 aliphatic rings. The highest BCUT2D eigenvalue weighted by Gasteiger charge is 2.24. The summed E-state index contributed by atoms with van der Waals surface area (Å²) in [5.41, 5.74) is 0.312. The van der Waals surface area contributed by atoms with Gasteiger partial charge in [-0.25, -0.2) is 8.78 Å². The van der Waals surface area contributed by atoms with E-state index in [-0.39, 0.29) is 22.9 Å². The summed E-state index contributed by atoms with van der Waals surface area (Å²) in [6.45, 7) is 1.48. The Morgan fingerprint density at radius 1 is 1.19 bits per heavy atom. The van der Waals surface area contributed by atoms with Crippen molar-refractivity contribution < 1.29 is 23.4 Å². The van der Waals surface area contributed by atoms with Gasteiger partial charge in [-0.2, -0.15) is 0 Å². The van der Waals surface area contributed by atoms with Gasteiger partial charge in [0.05, 0.1) is 5.02 Å². The summed E-state index contributed by atoms with van der Waals surface area (Å²) in [6, 6.07) is 5.69. The molecule has 110 valence electrons. The topological polar surface area (TPSA) is 38.7 Å². The van der Waals surface area contributed by atoms with Crippen molar-refractivity contribution in [3.8, 4) is 11.5 Å². The number of aliphatic hydroxyl groups excluding tert-OH is 1. The van der Waals surface area contributed by atoms with Crippen molar-refractivity contribution in [2.75, 3.05) is 6.79 Å². The number of fused-ring (bicyclic) bond motifs is 1. The minimum absolute atomic E-state index is 0.0299. The summed E-state index contributed by atoms with van der Waals surface area (Å²) in [5.74, 6) is -1.30. The molecule has 6 heteroatoms. The molecule has 0 saturated carbocycles. The van der Waals surface area contributed by atoms with Gasteiger partial charge < -0.3 is 14.6 Å². The molecule has 0 fully saturated rings. The van der Waals surface area contributed by atoms with Gasteiger partial charge in [-0.05, 0) is 30.2 Å². The standard InChI is InChI=1S/C15H11ClF2O3/c1-7-2-3-9(13(18)12(7)17)14(19)8-4-10(16)15-11(5-8)20-6-21-15/h2-5,14,19H,6H2,1H3. The Labute approximate surface area is 124 Å². The fourth-order valence-electron chi connectivity index (χ4n) is 2.20. The lowest BCUT2D eigenvalue weighted by atomic mass is 9.99. The van der Waals surface area contributed by atoms with Crippen molar-refractivity contribution in [1.82, 2.24) is 0 Å². The van der Waals surface area contributed by atoms with E-state index >= 15 is 0 Å². The Balaban J connectivity index is 2.05. The quantitative estimate of drug-likeness (QED) is 0.918. The van der Waals surface area contributed by atoms with Crippen LogP contribution < -0.4 is 9.47 Å². The molecule has 0 aliphatic carbocycles. The maximum Gasteiger partial charge on any atom is 0.231 e. The van der Waals surface area contributed by atoms with E-state index in [4.69, 9.17) is 21.1 Å². The first kappa shape index (κ1) is 14.1. The van der Waals surface area contributed by atoms with Crippen LogP contribution in [-0.4, -0.2) is 11.9 Å². The monoisotopic (exact) mass is 312 g/mol. The van der Waals surface area contributed by atoms with Crippen LogP contribution in [0.2, 0.25) is 5.02 Å². The summed E-state index contributed by atoms with van der Waals surface area (Å²) in [5, 5.41) is 10.5. The highest BCUT2D eigenvalue weighted by molar-refractivity contribution is 6.32. The van der Waals surface area contributed by atoms with Gasteiger partial charge in [-0.1, -0.05) is 23.7 Å². The van der Waals surface area contributed by atoms with Gasteiger partial charge in [0.2, 0.25) is 6.79 Å². The molecule has 1 aliphatic heterocycles. The molecule has 0 saturated heterocycles. The van der Waals surface area contributed by atoms with Gasteiger partial charge >= 0.3 is 0 Å². The normalized spacial score (nSPS) is 14.3. The van der Waals surface area contributed by atoms with E-state index in [9.17, 15) is 13.9 Å². The van der Waals surface area contributed by atoms with Crippen LogP contribution in [-0.2, 0) is 0 Å². The Bertz CT molecular complexity index is 719. The van der Waals surface area contributed by atoms with Crippen LogP contribution in [0.15, 0.2) is 24.3 Å². The van der Waals surface area contributed by atoms with Crippen molar-refractivity contribution in [3.05, 3.63) is 57.6 Å². The molecule has 1 heterocycles. The summed E-state index contributed by atoms with van der Waals surface area (Å²) in [6.07, 6.45) is -1.35. The fraction of sp³-hybridized carbons (Fsp3) is 0.200. The van der Waals surface area contributed by atoms with E-state index in [0.717, 1.165) is 0 Å². The van der Waals surface area contributed by atoms with Crippen LogP contribution in [0.3, 0.4) is 0 Å². The summed E-state index contributed by atoms with van der Waals surface area (Å²) >= 11 is 6.02. The van der Waals surface area contributed by atoms with E-state index < -0.39 is 17.7 Å². The van der Waals surface area contributed by atoms with E-state index in [0.29, 0.717) is 17.1 Å². The Kier molecular flexibility index (Phi) is 3.47. The molecule has 2 aromatic rings. The zero-order chi connectivity index (χ0) is 15.1. The first-order chi connectivity index (χ1) is 9.99. The van der Waals surface area contributed by atoms with Crippen LogP contribution in [0, 0.1) is 18.6 Å². The molecule has 0 radical (unpaired) electrons. The van der Waals surface area contributed by atoms with Crippen LogP contribution in [0.25, 0.3) is 0 Å². The first-order valence-electron chi connectivity index (χ1n) is 6.20. The van der Waals surface area contributed by atoms with Gasteiger partial charge in [0.1, 0.15) is 6.10 Å². The Hall–Kier alpha value is -1.85. The maximum atomic E-state index is 13.9. The summed E-state index contributed by atoms with van der Waals surface area (Å²) < 4.78 is 37.9. The summed E-state index contributed by atoms with van der Waals surface area (Å²) in [7, 11) is 0. The maximum absolute atomic E-state index is 13.9. The SMILES string of the molecule is Cc1ccc(C(O)c2cc(Cl)c3c(c2)OCO3)c(F)c1F. The number of rotatable bonds is 2. The Morgan fingerprint density at radius 2 is 1.95 bits per heavy atom. The third-order valence-electron chi connectivity index (χ3n) is 3.37.